The van der Waals surface area contributed by atoms with Crippen LogP contribution < -0.4 is 5.32 Å². The summed E-state index contributed by atoms with van der Waals surface area (Å²) in [6.45, 7) is 6.88. The lowest BCUT2D eigenvalue weighted by molar-refractivity contribution is 0.204. The highest BCUT2D eigenvalue weighted by atomic mass is 16.5. The summed E-state index contributed by atoms with van der Waals surface area (Å²) < 4.78 is 7.26. The molecule has 27 heavy (non-hydrogen) atoms. The van der Waals surface area contributed by atoms with Crippen molar-refractivity contribution in [2.24, 2.45) is 13.0 Å². The predicted octanol–water partition coefficient (Wildman–Crippen LogP) is 2.80. The number of aromatic nitrogens is 4. The summed E-state index contributed by atoms with van der Waals surface area (Å²) in [5.41, 5.74) is 3.01. The van der Waals surface area contributed by atoms with Crippen LogP contribution in [0.25, 0.3) is 11.0 Å². The molecule has 0 unspecified atom stereocenters. The van der Waals surface area contributed by atoms with Gasteiger partial charge in [-0.25, -0.2) is 9.78 Å². The van der Waals surface area contributed by atoms with E-state index in [1.165, 1.54) is 4.90 Å². The van der Waals surface area contributed by atoms with Crippen LogP contribution in [-0.4, -0.2) is 37.7 Å². The highest BCUT2D eigenvalue weighted by Gasteiger charge is 2.14. The lowest BCUT2D eigenvalue weighted by atomic mass is 10.1. The number of fused-ring (bicyclic) bond motifs is 1. The van der Waals surface area contributed by atoms with E-state index in [1.807, 2.05) is 36.7 Å². The minimum atomic E-state index is -0.192. The van der Waals surface area contributed by atoms with E-state index in [-0.39, 0.29) is 6.03 Å². The number of hydrogen-bond donors (Lipinski definition) is 1. The molecule has 0 saturated carbocycles. The van der Waals surface area contributed by atoms with Gasteiger partial charge in [0.1, 0.15) is 5.82 Å². The maximum Gasteiger partial charge on any atom is 0.317 e. The minimum Gasteiger partial charge on any atom is -0.339 e. The van der Waals surface area contributed by atoms with E-state index >= 15 is 0 Å². The fraction of sp³-hybridized carbons (Fsp3) is 0.474. The van der Waals surface area contributed by atoms with Gasteiger partial charge in [-0.2, -0.15) is 4.98 Å². The molecule has 0 radical (unpaired) electrons. The molecular weight excluding hydrogens is 344 g/mol. The highest BCUT2D eigenvalue weighted by Crippen LogP contribution is 2.16. The van der Waals surface area contributed by atoms with Gasteiger partial charge in [0.15, 0.2) is 5.82 Å². The van der Waals surface area contributed by atoms with Crippen LogP contribution in [0.5, 0.6) is 0 Å². The third-order valence-electron chi connectivity index (χ3n) is 4.43. The third-order valence-corrected chi connectivity index (χ3v) is 4.43. The first-order valence-electron chi connectivity index (χ1n) is 9.06. The summed E-state index contributed by atoms with van der Waals surface area (Å²) in [6.07, 6.45) is 0.735. The first-order valence-corrected chi connectivity index (χ1v) is 9.06. The molecule has 3 rings (SSSR count). The Labute approximate surface area is 158 Å². The maximum absolute atomic E-state index is 12.3. The average Bonchev–Trinajstić information content (AvgIpc) is 3.16. The molecule has 8 nitrogen and oxygen atoms in total. The molecule has 144 valence electrons. The normalized spacial score (nSPS) is 11.3. The molecular formula is C19H26N6O2. The average molecular weight is 370 g/mol. The molecule has 1 N–H and O–H groups in total. The highest BCUT2D eigenvalue weighted by molar-refractivity contribution is 5.77. The molecule has 0 spiro atoms. The second kappa shape index (κ2) is 7.77. The number of rotatable bonds is 6. The third kappa shape index (κ3) is 4.45. The number of urea groups is 1. The van der Waals surface area contributed by atoms with Crippen molar-refractivity contribution in [3.8, 4) is 0 Å². The van der Waals surface area contributed by atoms with Crippen LogP contribution in [0, 0.1) is 12.8 Å². The summed E-state index contributed by atoms with van der Waals surface area (Å²) in [5.74, 6) is 2.52. The lowest BCUT2D eigenvalue weighted by Gasteiger charge is -2.16. The number of nitrogens with one attached hydrogen (secondary N) is 1. The summed E-state index contributed by atoms with van der Waals surface area (Å²) in [4.78, 5) is 22.7. The molecule has 0 aliphatic heterocycles. The molecule has 2 heterocycles. The van der Waals surface area contributed by atoms with E-state index in [1.54, 1.807) is 7.05 Å². The summed E-state index contributed by atoms with van der Waals surface area (Å²) in [6, 6.07) is 5.83. The van der Waals surface area contributed by atoms with Gasteiger partial charge in [-0.15, -0.1) is 0 Å². The van der Waals surface area contributed by atoms with Crippen molar-refractivity contribution in [3.63, 3.8) is 0 Å². The van der Waals surface area contributed by atoms with Crippen molar-refractivity contribution in [2.45, 2.75) is 40.3 Å². The zero-order valence-electron chi connectivity index (χ0n) is 16.5. The molecule has 2 aromatic heterocycles. The van der Waals surface area contributed by atoms with Gasteiger partial charge in [-0.1, -0.05) is 25.1 Å². The number of hydrogen-bond acceptors (Lipinski definition) is 5. The van der Waals surface area contributed by atoms with Crippen LogP contribution in [0.2, 0.25) is 0 Å². The molecule has 1 aromatic carbocycles. The molecule has 0 bridgehead atoms. The van der Waals surface area contributed by atoms with Crippen molar-refractivity contribution in [2.75, 3.05) is 7.05 Å². The molecule has 8 heteroatoms. The van der Waals surface area contributed by atoms with Crippen molar-refractivity contribution in [1.82, 2.24) is 29.9 Å². The van der Waals surface area contributed by atoms with Crippen molar-refractivity contribution in [3.05, 3.63) is 41.3 Å². The Bertz CT molecular complexity index is 943. The number of benzene rings is 1. The standard InChI is InChI=1S/C19H26N6O2/c1-12(2)8-18-22-17(23-27-18)11-24(4)19(26)20-10-14-6-7-16-15(9-14)21-13(3)25(16)5/h6-7,9,12H,8,10-11H2,1-5H3,(H,20,26). The van der Waals surface area contributed by atoms with Crippen molar-refractivity contribution in [1.29, 1.82) is 0 Å². The summed E-state index contributed by atoms with van der Waals surface area (Å²) >= 11 is 0. The van der Waals surface area contributed by atoms with E-state index in [9.17, 15) is 4.79 Å². The Balaban J connectivity index is 1.56. The zero-order chi connectivity index (χ0) is 19.6. The van der Waals surface area contributed by atoms with Crippen molar-refractivity contribution < 1.29 is 9.32 Å². The van der Waals surface area contributed by atoms with Gasteiger partial charge in [0.2, 0.25) is 5.89 Å². The van der Waals surface area contributed by atoms with Gasteiger partial charge in [0.05, 0.1) is 17.6 Å². The van der Waals surface area contributed by atoms with Crippen LogP contribution in [0.15, 0.2) is 22.7 Å². The first-order chi connectivity index (χ1) is 12.8. The lowest BCUT2D eigenvalue weighted by Crippen LogP contribution is -2.36. The smallest absolute Gasteiger partial charge is 0.317 e. The number of nitrogens with zero attached hydrogens (tertiary/aromatic N) is 5. The van der Waals surface area contributed by atoms with E-state index in [2.05, 4.69) is 34.3 Å². The summed E-state index contributed by atoms with van der Waals surface area (Å²) in [5, 5.41) is 6.85. The van der Waals surface area contributed by atoms with Crippen LogP contribution in [0.3, 0.4) is 0 Å². The van der Waals surface area contributed by atoms with Gasteiger partial charge in [-0.3, -0.25) is 0 Å². The molecule has 2 amide bonds. The molecule has 3 aromatic rings. The number of imidazole rings is 1. The molecule has 0 aliphatic rings. The summed E-state index contributed by atoms with van der Waals surface area (Å²) in [7, 11) is 3.70. The van der Waals surface area contributed by atoms with Crippen LogP contribution >= 0.6 is 0 Å². The predicted molar refractivity (Wildman–Crippen MR) is 102 cm³/mol. The number of amides is 2. The van der Waals surface area contributed by atoms with Crippen LogP contribution in [0.1, 0.15) is 37.0 Å². The van der Waals surface area contributed by atoms with Gasteiger partial charge < -0.3 is 19.3 Å². The fourth-order valence-corrected chi connectivity index (χ4v) is 2.86. The number of aryl methyl sites for hydroxylation is 2. The maximum atomic E-state index is 12.3. The second-order valence-corrected chi connectivity index (χ2v) is 7.26. The van der Waals surface area contributed by atoms with E-state index in [4.69, 9.17) is 4.52 Å². The van der Waals surface area contributed by atoms with Gasteiger partial charge in [0, 0.05) is 27.1 Å². The Morgan fingerprint density at radius 1 is 1.33 bits per heavy atom. The molecule has 0 aliphatic carbocycles. The Morgan fingerprint density at radius 3 is 2.85 bits per heavy atom. The first kappa shape index (κ1) is 18.9. The van der Waals surface area contributed by atoms with Crippen LogP contribution in [0.4, 0.5) is 4.79 Å². The number of carbonyl (C=O) groups excluding carboxylic acids is 1. The van der Waals surface area contributed by atoms with Gasteiger partial charge in [-0.05, 0) is 30.5 Å². The molecule has 0 atom stereocenters. The number of carbonyl (C=O) groups is 1. The monoisotopic (exact) mass is 370 g/mol. The Hall–Kier alpha value is -2.90. The molecule has 0 saturated heterocycles. The van der Waals surface area contributed by atoms with Gasteiger partial charge in [0.25, 0.3) is 0 Å². The minimum absolute atomic E-state index is 0.192. The van der Waals surface area contributed by atoms with Crippen molar-refractivity contribution >= 4 is 17.1 Å². The second-order valence-electron chi connectivity index (χ2n) is 7.26. The zero-order valence-corrected chi connectivity index (χ0v) is 16.5. The van der Waals surface area contributed by atoms with E-state index in [0.29, 0.717) is 30.7 Å². The van der Waals surface area contributed by atoms with Gasteiger partial charge >= 0.3 is 6.03 Å². The Morgan fingerprint density at radius 2 is 2.11 bits per heavy atom. The molecule has 0 fully saturated rings. The quantitative estimate of drug-likeness (QED) is 0.721. The SMILES string of the molecule is Cc1nc2cc(CNC(=O)N(C)Cc3noc(CC(C)C)n3)ccc2n1C. The van der Waals surface area contributed by atoms with E-state index in [0.717, 1.165) is 28.8 Å². The fourth-order valence-electron chi connectivity index (χ4n) is 2.86. The largest absolute Gasteiger partial charge is 0.339 e. The van der Waals surface area contributed by atoms with Crippen LogP contribution in [-0.2, 0) is 26.6 Å². The van der Waals surface area contributed by atoms with E-state index < -0.39 is 0 Å². The topological polar surface area (TPSA) is 89.1 Å². The Kier molecular flexibility index (Phi) is 5.43.